The van der Waals surface area contributed by atoms with Crippen molar-refractivity contribution in [1.82, 2.24) is 15.0 Å². The first-order chi connectivity index (χ1) is 10.9. The summed E-state index contributed by atoms with van der Waals surface area (Å²) in [5.74, 6) is -1.69. The van der Waals surface area contributed by atoms with Gasteiger partial charge in [0.2, 0.25) is 17.6 Å². The number of nitrogens with two attached hydrogens (primary N) is 1. The highest BCUT2D eigenvalue weighted by molar-refractivity contribution is 5.77. The molecule has 0 spiro atoms. The van der Waals surface area contributed by atoms with Gasteiger partial charge in [-0.25, -0.2) is 8.78 Å². The molecule has 1 saturated heterocycles. The van der Waals surface area contributed by atoms with Crippen LogP contribution in [0.2, 0.25) is 0 Å². The van der Waals surface area contributed by atoms with Crippen LogP contribution < -0.4 is 5.73 Å². The minimum Gasteiger partial charge on any atom is -0.369 e. The molecule has 1 aliphatic rings. The first kappa shape index (κ1) is 15.5. The van der Waals surface area contributed by atoms with E-state index < -0.39 is 11.6 Å². The number of hydrogen-bond donors (Lipinski definition) is 1. The summed E-state index contributed by atoms with van der Waals surface area (Å²) in [4.78, 5) is 17.5. The summed E-state index contributed by atoms with van der Waals surface area (Å²) in [6, 6.07) is 3.42. The SMILES string of the molecule is C[C@@H]1CN(Cc2nc(-c3ccc(F)c(F)c3)no2)C[C@H]1C(N)=O. The second-order valence-corrected chi connectivity index (χ2v) is 5.82. The third kappa shape index (κ3) is 3.21. The lowest BCUT2D eigenvalue weighted by molar-refractivity contribution is -0.122. The number of nitrogens with zero attached hydrogens (tertiary/aromatic N) is 3. The number of carbonyl (C=O) groups excluding carboxylic acids is 1. The van der Waals surface area contributed by atoms with Crippen LogP contribution in [0.5, 0.6) is 0 Å². The first-order valence-corrected chi connectivity index (χ1v) is 7.23. The van der Waals surface area contributed by atoms with Gasteiger partial charge in [-0.15, -0.1) is 0 Å². The van der Waals surface area contributed by atoms with E-state index in [9.17, 15) is 13.6 Å². The molecule has 2 atom stereocenters. The molecule has 8 heteroatoms. The number of amides is 1. The fraction of sp³-hybridized carbons (Fsp3) is 0.400. The van der Waals surface area contributed by atoms with Crippen molar-refractivity contribution in [3.63, 3.8) is 0 Å². The van der Waals surface area contributed by atoms with Crippen LogP contribution in [0.4, 0.5) is 8.78 Å². The summed E-state index contributed by atoms with van der Waals surface area (Å²) < 4.78 is 31.3. The molecule has 0 unspecified atom stereocenters. The third-order valence-corrected chi connectivity index (χ3v) is 4.06. The number of carbonyl (C=O) groups is 1. The maximum Gasteiger partial charge on any atom is 0.241 e. The molecular weight excluding hydrogens is 306 g/mol. The van der Waals surface area contributed by atoms with Gasteiger partial charge in [0.15, 0.2) is 11.6 Å². The topological polar surface area (TPSA) is 85.2 Å². The van der Waals surface area contributed by atoms with E-state index in [-0.39, 0.29) is 23.6 Å². The normalized spacial score (nSPS) is 21.7. The van der Waals surface area contributed by atoms with Crippen LogP contribution in [0.3, 0.4) is 0 Å². The largest absolute Gasteiger partial charge is 0.369 e. The predicted molar refractivity (Wildman–Crippen MR) is 76.8 cm³/mol. The van der Waals surface area contributed by atoms with Crippen molar-refractivity contribution in [2.24, 2.45) is 17.6 Å². The molecule has 122 valence electrons. The van der Waals surface area contributed by atoms with Gasteiger partial charge in [-0.05, 0) is 24.1 Å². The molecule has 6 nitrogen and oxygen atoms in total. The second-order valence-electron chi connectivity index (χ2n) is 5.82. The van der Waals surface area contributed by atoms with Crippen molar-refractivity contribution in [2.75, 3.05) is 13.1 Å². The zero-order valence-corrected chi connectivity index (χ0v) is 12.5. The molecule has 2 heterocycles. The Balaban J connectivity index is 1.70. The van der Waals surface area contributed by atoms with E-state index in [0.717, 1.165) is 12.1 Å². The maximum absolute atomic E-state index is 13.2. The Morgan fingerprint density at radius 1 is 1.39 bits per heavy atom. The minimum atomic E-state index is -0.966. The van der Waals surface area contributed by atoms with Gasteiger partial charge in [0.25, 0.3) is 0 Å². The van der Waals surface area contributed by atoms with Crippen LogP contribution in [0, 0.1) is 23.5 Å². The Morgan fingerprint density at radius 2 is 2.17 bits per heavy atom. The van der Waals surface area contributed by atoms with Crippen LogP contribution >= 0.6 is 0 Å². The molecule has 1 aromatic heterocycles. The summed E-state index contributed by atoms with van der Waals surface area (Å²) in [6.07, 6.45) is 0. The fourth-order valence-electron chi connectivity index (χ4n) is 2.83. The number of halogens is 2. The Hall–Kier alpha value is -2.35. The van der Waals surface area contributed by atoms with Crippen LogP contribution in [0.15, 0.2) is 22.7 Å². The Morgan fingerprint density at radius 3 is 2.83 bits per heavy atom. The molecule has 1 aliphatic heterocycles. The summed E-state index contributed by atoms with van der Waals surface area (Å²) in [5.41, 5.74) is 5.70. The van der Waals surface area contributed by atoms with Crippen molar-refractivity contribution in [3.8, 4) is 11.4 Å². The van der Waals surface area contributed by atoms with Gasteiger partial charge in [-0.1, -0.05) is 12.1 Å². The molecule has 0 aliphatic carbocycles. The van der Waals surface area contributed by atoms with Crippen molar-refractivity contribution in [1.29, 1.82) is 0 Å². The van der Waals surface area contributed by atoms with Gasteiger partial charge in [0.1, 0.15) is 0 Å². The zero-order chi connectivity index (χ0) is 16.6. The van der Waals surface area contributed by atoms with Crippen molar-refractivity contribution in [2.45, 2.75) is 13.5 Å². The highest BCUT2D eigenvalue weighted by Crippen LogP contribution is 2.25. The molecule has 0 bridgehead atoms. The van der Waals surface area contributed by atoms with E-state index in [0.29, 0.717) is 31.1 Å². The molecule has 3 rings (SSSR count). The van der Waals surface area contributed by atoms with Crippen LogP contribution in [0.25, 0.3) is 11.4 Å². The number of primary amides is 1. The average Bonchev–Trinajstić information content (AvgIpc) is 3.09. The van der Waals surface area contributed by atoms with Crippen LogP contribution in [-0.4, -0.2) is 34.0 Å². The Bertz CT molecular complexity index is 734. The van der Waals surface area contributed by atoms with E-state index in [1.165, 1.54) is 6.07 Å². The zero-order valence-electron chi connectivity index (χ0n) is 12.5. The molecule has 0 radical (unpaired) electrons. The first-order valence-electron chi connectivity index (χ1n) is 7.23. The van der Waals surface area contributed by atoms with Crippen molar-refractivity contribution < 1.29 is 18.1 Å². The summed E-state index contributed by atoms with van der Waals surface area (Å²) in [7, 11) is 0. The molecule has 2 N–H and O–H groups in total. The van der Waals surface area contributed by atoms with Crippen LogP contribution in [0.1, 0.15) is 12.8 Å². The van der Waals surface area contributed by atoms with E-state index >= 15 is 0 Å². The highest BCUT2D eigenvalue weighted by Gasteiger charge is 2.34. The number of benzene rings is 1. The predicted octanol–water partition coefficient (Wildman–Crippen LogP) is 1.57. The minimum absolute atomic E-state index is 0.168. The van der Waals surface area contributed by atoms with E-state index in [4.69, 9.17) is 10.3 Å². The van der Waals surface area contributed by atoms with E-state index in [1.54, 1.807) is 0 Å². The fourth-order valence-corrected chi connectivity index (χ4v) is 2.83. The van der Waals surface area contributed by atoms with Gasteiger partial charge < -0.3 is 10.3 Å². The number of hydrogen-bond acceptors (Lipinski definition) is 5. The van der Waals surface area contributed by atoms with Crippen molar-refractivity contribution in [3.05, 3.63) is 35.7 Å². The summed E-state index contributed by atoms with van der Waals surface area (Å²) in [5, 5.41) is 3.78. The standard InChI is InChI=1S/C15H16F2N4O2/c1-8-5-21(6-10(8)14(18)22)7-13-19-15(20-23-13)9-2-3-11(16)12(17)4-9/h2-4,8,10H,5-7H2,1H3,(H2,18,22)/t8-,10-/m1/s1. The molecule has 1 amide bonds. The van der Waals surface area contributed by atoms with Gasteiger partial charge in [-0.3, -0.25) is 9.69 Å². The number of aromatic nitrogens is 2. The van der Waals surface area contributed by atoms with Gasteiger partial charge in [0, 0.05) is 18.7 Å². The van der Waals surface area contributed by atoms with Gasteiger partial charge in [0.05, 0.1) is 12.5 Å². The third-order valence-electron chi connectivity index (χ3n) is 4.06. The monoisotopic (exact) mass is 322 g/mol. The van der Waals surface area contributed by atoms with Crippen molar-refractivity contribution >= 4 is 5.91 Å². The molecule has 1 fully saturated rings. The molecule has 0 saturated carbocycles. The molecular formula is C15H16F2N4O2. The van der Waals surface area contributed by atoms with Crippen LogP contribution in [-0.2, 0) is 11.3 Å². The molecule has 1 aromatic carbocycles. The second kappa shape index (κ2) is 6.04. The lowest BCUT2D eigenvalue weighted by Gasteiger charge is -2.11. The quantitative estimate of drug-likeness (QED) is 0.923. The highest BCUT2D eigenvalue weighted by atomic mass is 19.2. The number of rotatable bonds is 4. The molecule has 23 heavy (non-hydrogen) atoms. The van der Waals surface area contributed by atoms with E-state index in [2.05, 4.69) is 10.1 Å². The smallest absolute Gasteiger partial charge is 0.241 e. The van der Waals surface area contributed by atoms with Gasteiger partial charge >= 0.3 is 0 Å². The maximum atomic E-state index is 13.2. The lowest BCUT2D eigenvalue weighted by atomic mass is 9.98. The number of likely N-dealkylation sites (tertiary alicyclic amines) is 1. The Labute approximate surface area is 131 Å². The summed E-state index contributed by atoms with van der Waals surface area (Å²) in [6.45, 7) is 3.59. The lowest BCUT2D eigenvalue weighted by Crippen LogP contribution is -2.29. The van der Waals surface area contributed by atoms with Gasteiger partial charge in [-0.2, -0.15) is 4.98 Å². The Kier molecular flexibility index (Phi) is 4.08. The molecule has 2 aromatic rings. The van der Waals surface area contributed by atoms with E-state index in [1.807, 2.05) is 11.8 Å². The average molecular weight is 322 g/mol. The summed E-state index contributed by atoms with van der Waals surface area (Å²) >= 11 is 0.